The van der Waals surface area contributed by atoms with Crippen molar-refractivity contribution in [1.82, 2.24) is 9.78 Å². The Balaban J connectivity index is 2.35. The molecule has 1 aromatic heterocycles. The van der Waals surface area contributed by atoms with Gasteiger partial charge < -0.3 is 10.5 Å². The van der Waals surface area contributed by atoms with Crippen LogP contribution in [0.3, 0.4) is 0 Å². The summed E-state index contributed by atoms with van der Waals surface area (Å²) in [5, 5.41) is 4.54. The van der Waals surface area contributed by atoms with E-state index in [4.69, 9.17) is 10.5 Å². The van der Waals surface area contributed by atoms with Crippen LogP contribution in [-0.4, -0.2) is 16.9 Å². The molecule has 4 nitrogen and oxygen atoms in total. The lowest BCUT2D eigenvalue weighted by Crippen LogP contribution is -2.04. The number of hydrogen-bond acceptors (Lipinski definition) is 3. The van der Waals surface area contributed by atoms with Crippen molar-refractivity contribution in [1.29, 1.82) is 0 Å². The molecule has 18 heavy (non-hydrogen) atoms. The van der Waals surface area contributed by atoms with Gasteiger partial charge >= 0.3 is 0 Å². The van der Waals surface area contributed by atoms with Crippen molar-refractivity contribution in [3.05, 3.63) is 36.0 Å². The minimum Gasteiger partial charge on any atom is -0.494 e. The SMILES string of the molecule is CCCCc1cc(N)n(-c2ccccc2OC)n1. The molecule has 0 fully saturated rings. The van der Waals surface area contributed by atoms with Crippen molar-refractivity contribution in [3.8, 4) is 11.4 Å². The van der Waals surface area contributed by atoms with Gasteiger partial charge in [0, 0.05) is 6.07 Å². The lowest BCUT2D eigenvalue weighted by molar-refractivity contribution is 0.412. The molecule has 2 rings (SSSR count). The van der Waals surface area contributed by atoms with Gasteiger partial charge in [0.25, 0.3) is 0 Å². The van der Waals surface area contributed by atoms with Crippen LogP contribution in [-0.2, 0) is 6.42 Å². The number of anilines is 1. The molecule has 4 heteroatoms. The highest BCUT2D eigenvalue weighted by Gasteiger charge is 2.10. The first-order valence-corrected chi connectivity index (χ1v) is 6.24. The van der Waals surface area contributed by atoms with Crippen molar-refractivity contribution >= 4 is 5.82 Å². The minimum absolute atomic E-state index is 0.644. The number of nitrogens with zero attached hydrogens (tertiary/aromatic N) is 2. The second-order valence-corrected chi connectivity index (χ2v) is 4.25. The smallest absolute Gasteiger partial charge is 0.144 e. The van der Waals surface area contributed by atoms with Gasteiger partial charge in [-0.15, -0.1) is 0 Å². The highest BCUT2D eigenvalue weighted by Crippen LogP contribution is 2.24. The van der Waals surface area contributed by atoms with Crippen molar-refractivity contribution in [2.75, 3.05) is 12.8 Å². The zero-order chi connectivity index (χ0) is 13.0. The largest absolute Gasteiger partial charge is 0.494 e. The average molecular weight is 245 g/mol. The van der Waals surface area contributed by atoms with E-state index < -0.39 is 0 Å². The molecule has 0 radical (unpaired) electrons. The summed E-state index contributed by atoms with van der Waals surface area (Å²) in [5.74, 6) is 1.42. The van der Waals surface area contributed by atoms with Crippen LogP contribution in [0.1, 0.15) is 25.5 Å². The molecule has 1 heterocycles. The Bertz CT molecular complexity index is 520. The zero-order valence-corrected chi connectivity index (χ0v) is 10.9. The zero-order valence-electron chi connectivity index (χ0n) is 10.9. The molecule has 0 aliphatic heterocycles. The van der Waals surface area contributed by atoms with Crippen molar-refractivity contribution in [2.45, 2.75) is 26.2 Å². The summed E-state index contributed by atoms with van der Waals surface area (Å²) in [5.41, 5.74) is 7.92. The van der Waals surface area contributed by atoms with E-state index in [0.717, 1.165) is 36.4 Å². The molecule has 2 aromatic rings. The third kappa shape index (κ3) is 2.47. The first kappa shape index (κ1) is 12.5. The van der Waals surface area contributed by atoms with E-state index in [1.165, 1.54) is 0 Å². The summed E-state index contributed by atoms with van der Waals surface area (Å²) >= 11 is 0. The second kappa shape index (κ2) is 5.58. The molecule has 1 aromatic carbocycles. The van der Waals surface area contributed by atoms with Crippen LogP contribution < -0.4 is 10.5 Å². The number of nitrogens with two attached hydrogens (primary N) is 1. The molecule has 0 aliphatic rings. The summed E-state index contributed by atoms with van der Waals surface area (Å²) in [6.45, 7) is 2.17. The molecule has 96 valence electrons. The van der Waals surface area contributed by atoms with Gasteiger partial charge in [0.1, 0.15) is 17.3 Å². The fourth-order valence-electron chi connectivity index (χ4n) is 1.92. The van der Waals surface area contributed by atoms with E-state index in [1.807, 2.05) is 30.3 Å². The third-order valence-electron chi connectivity index (χ3n) is 2.89. The third-order valence-corrected chi connectivity index (χ3v) is 2.89. The normalized spacial score (nSPS) is 10.6. The summed E-state index contributed by atoms with van der Waals surface area (Å²) in [7, 11) is 1.65. The number of aryl methyl sites for hydroxylation is 1. The molecule has 0 saturated heterocycles. The molecule has 0 amide bonds. The standard InChI is InChI=1S/C14H19N3O/c1-3-4-7-11-10-14(15)17(16-11)12-8-5-6-9-13(12)18-2/h5-6,8-10H,3-4,7,15H2,1-2H3. The van der Waals surface area contributed by atoms with Crippen molar-refractivity contribution in [3.63, 3.8) is 0 Å². The molecule has 0 unspecified atom stereocenters. The van der Waals surface area contributed by atoms with Crippen LogP contribution in [0.4, 0.5) is 5.82 Å². The summed E-state index contributed by atoms with van der Waals surface area (Å²) in [6, 6.07) is 9.67. The number of para-hydroxylation sites is 2. The van der Waals surface area contributed by atoms with Gasteiger partial charge in [-0.1, -0.05) is 25.5 Å². The predicted octanol–water partition coefficient (Wildman–Crippen LogP) is 2.81. The maximum absolute atomic E-state index is 6.01. The molecule has 0 spiro atoms. The molecule has 0 saturated carbocycles. The van der Waals surface area contributed by atoms with Gasteiger partial charge in [0.15, 0.2) is 0 Å². The number of methoxy groups -OCH3 is 1. The van der Waals surface area contributed by atoms with Crippen LogP contribution >= 0.6 is 0 Å². The second-order valence-electron chi connectivity index (χ2n) is 4.25. The highest BCUT2D eigenvalue weighted by atomic mass is 16.5. The maximum atomic E-state index is 6.01. The van der Waals surface area contributed by atoms with Gasteiger partial charge in [-0.2, -0.15) is 5.10 Å². The molecular weight excluding hydrogens is 226 g/mol. The van der Waals surface area contributed by atoms with Crippen molar-refractivity contribution in [2.24, 2.45) is 0 Å². The number of ether oxygens (including phenoxy) is 1. The predicted molar refractivity (Wildman–Crippen MR) is 73.1 cm³/mol. The molecular formula is C14H19N3O. The Kier molecular flexibility index (Phi) is 3.87. The molecule has 0 bridgehead atoms. The van der Waals surface area contributed by atoms with E-state index >= 15 is 0 Å². The van der Waals surface area contributed by atoms with Crippen LogP contribution in [0, 0.1) is 0 Å². The summed E-state index contributed by atoms with van der Waals surface area (Å²) in [6.07, 6.45) is 3.24. The quantitative estimate of drug-likeness (QED) is 0.881. The van der Waals surface area contributed by atoms with Gasteiger partial charge in [-0.25, -0.2) is 4.68 Å². The monoisotopic (exact) mass is 245 g/mol. The van der Waals surface area contributed by atoms with Gasteiger partial charge in [0.05, 0.1) is 12.8 Å². The number of unbranched alkanes of at least 4 members (excludes halogenated alkanes) is 1. The summed E-state index contributed by atoms with van der Waals surface area (Å²) < 4.78 is 7.07. The van der Waals surface area contributed by atoms with E-state index in [0.29, 0.717) is 5.82 Å². The number of aromatic nitrogens is 2. The van der Waals surface area contributed by atoms with E-state index in [-0.39, 0.29) is 0 Å². The lowest BCUT2D eigenvalue weighted by Gasteiger charge is -2.09. The Morgan fingerprint density at radius 2 is 2.11 bits per heavy atom. The fraction of sp³-hybridized carbons (Fsp3) is 0.357. The molecule has 0 aliphatic carbocycles. The average Bonchev–Trinajstić information content (AvgIpc) is 2.77. The van der Waals surface area contributed by atoms with Crippen LogP contribution in [0.25, 0.3) is 5.69 Å². The number of hydrogen-bond donors (Lipinski definition) is 1. The van der Waals surface area contributed by atoms with Gasteiger partial charge in [-0.05, 0) is 25.0 Å². The van der Waals surface area contributed by atoms with Crippen LogP contribution in [0.15, 0.2) is 30.3 Å². The fourth-order valence-corrected chi connectivity index (χ4v) is 1.92. The van der Waals surface area contributed by atoms with Crippen LogP contribution in [0.5, 0.6) is 5.75 Å². The molecule has 0 atom stereocenters. The van der Waals surface area contributed by atoms with Gasteiger partial charge in [-0.3, -0.25) is 0 Å². The van der Waals surface area contributed by atoms with E-state index in [1.54, 1.807) is 11.8 Å². The Morgan fingerprint density at radius 3 is 2.83 bits per heavy atom. The summed E-state index contributed by atoms with van der Waals surface area (Å²) in [4.78, 5) is 0. The topological polar surface area (TPSA) is 53.1 Å². The number of benzene rings is 1. The lowest BCUT2D eigenvalue weighted by atomic mass is 10.2. The Hall–Kier alpha value is -1.97. The number of nitrogen functional groups attached to an aromatic ring is 1. The molecule has 2 N–H and O–H groups in total. The van der Waals surface area contributed by atoms with E-state index in [2.05, 4.69) is 12.0 Å². The van der Waals surface area contributed by atoms with Crippen LogP contribution in [0.2, 0.25) is 0 Å². The van der Waals surface area contributed by atoms with Gasteiger partial charge in [0.2, 0.25) is 0 Å². The highest BCUT2D eigenvalue weighted by molar-refractivity contribution is 5.51. The Morgan fingerprint density at radius 1 is 1.33 bits per heavy atom. The number of rotatable bonds is 5. The first-order valence-electron chi connectivity index (χ1n) is 6.24. The maximum Gasteiger partial charge on any atom is 0.144 e. The first-order chi connectivity index (χ1) is 8.76. The Labute approximate surface area is 107 Å². The minimum atomic E-state index is 0.644. The van der Waals surface area contributed by atoms with E-state index in [9.17, 15) is 0 Å². The van der Waals surface area contributed by atoms with Crippen molar-refractivity contribution < 1.29 is 4.74 Å².